The number of hydrogen-bond donors (Lipinski definition) is 4. The van der Waals surface area contributed by atoms with Gasteiger partial charge in [-0.15, -0.1) is 0 Å². The number of nitrogens with one attached hydrogen (secondary N) is 3. The fourth-order valence-corrected chi connectivity index (χ4v) is 5.12. The van der Waals surface area contributed by atoms with E-state index < -0.39 is 5.41 Å². The van der Waals surface area contributed by atoms with Crippen molar-refractivity contribution in [3.63, 3.8) is 0 Å². The zero-order chi connectivity index (χ0) is 25.9. The Morgan fingerprint density at radius 3 is 2.68 bits per heavy atom. The van der Waals surface area contributed by atoms with Gasteiger partial charge >= 0.3 is 0 Å². The van der Waals surface area contributed by atoms with Crippen molar-refractivity contribution in [3.05, 3.63) is 35.5 Å². The van der Waals surface area contributed by atoms with Crippen molar-refractivity contribution in [2.24, 2.45) is 11.1 Å². The van der Waals surface area contributed by atoms with Crippen LogP contribution in [0.4, 0.5) is 11.6 Å². The van der Waals surface area contributed by atoms with Crippen LogP contribution in [0.25, 0.3) is 11.3 Å². The van der Waals surface area contributed by atoms with Crippen molar-refractivity contribution in [1.29, 1.82) is 5.26 Å². The van der Waals surface area contributed by atoms with Gasteiger partial charge in [-0.3, -0.25) is 0 Å². The van der Waals surface area contributed by atoms with E-state index in [4.69, 9.17) is 31.8 Å². The molecule has 0 radical (unpaired) electrons. The van der Waals surface area contributed by atoms with Crippen molar-refractivity contribution in [3.8, 4) is 17.3 Å². The van der Waals surface area contributed by atoms with Crippen LogP contribution in [0, 0.1) is 16.7 Å². The Balaban J connectivity index is 1.32. The van der Waals surface area contributed by atoms with E-state index in [0.717, 1.165) is 68.0 Å². The second-order valence-corrected chi connectivity index (χ2v) is 10.3. The quantitative estimate of drug-likeness (QED) is 0.304. The molecular weight excluding hydrogens is 490 g/mol. The van der Waals surface area contributed by atoms with Gasteiger partial charge in [0, 0.05) is 56.7 Å². The van der Waals surface area contributed by atoms with Gasteiger partial charge in [-0.2, -0.15) is 5.26 Å². The van der Waals surface area contributed by atoms with E-state index in [0.29, 0.717) is 56.6 Å². The van der Waals surface area contributed by atoms with Crippen LogP contribution in [0.1, 0.15) is 38.5 Å². The number of pyridine rings is 2. The minimum absolute atomic E-state index is 0.371. The van der Waals surface area contributed by atoms with Crippen LogP contribution >= 0.6 is 11.6 Å². The predicted molar refractivity (Wildman–Crippen MR) is 147 cm³/mol. The summed E-state index contributed by atoms with van der Waals surface area (Å²) in [6, 6.07) is 11.2. The lowest BCUT2D eigenvalue weighted by atomic mass is 9.82. The maximum Gasteiger partial charge on any atom is 0.126 e. The molecule has 2 aromatic heterocycles. The van der Waals surface area contributed by atoms with Gasteiger partial charge < -0.3 is 31.2 Å². The van der Waals surface area contributed by atoms with Crippen LogP contribution in [-0.2, 0) is 9.47 Å². The zero-order valence-corrected chi connectivity index (χ0v) is 22.1. The van der Waals surface area contributed by atoms with Crippen molar-refractivity contribution in [2.45, 2.75) is 50.6 Å². The van der Waals surface area contributed by atoms with E-state index in [2.05, 4.69) is 27.0 Å². The Morgan fingerprint density at radius 2 is 1.92 bits per heavy atom. The van der Waals surface area contributed by atoms with Crippen molar-refractivity contribution in [2.75, 3.05) is 56.7 Å². The summed E-state index contributed by atoms with van der Waals surface area (Å²) >= 11 is 6.54. The molecule has 1 saturated heterocycles. The monoisotopic (exact) mass is 527 g/mol. The van der Waals surface area contributed by atoms with Crippen LogP contribution in [0.15, 0.2) is 30.5 Å². The second kappa shape index (κ2) is 13.9. The summed E-state index contributed by atoms with van der Waals surface area (Å²) in [4.78, 5) is 9.30. The maximum atomic E-state index is 9.73. The molecule has 5 N–H and O–H groups in total. The molecular formula is C27H38ClN7O2. The SMILES string of the molecule is N#CC1(CNc2cccc(-c3cc(NC4CCC(NCCOCCN)CC4)ncc3Cl)n2)CCOCC1. The Bertz CT molecular complexity index is 1030. The molecule has 0 spiro atoms. The van der Waals surface area contributed by atoms with E-state index in [1.165, 1.54) is 0 Å². The number of aromatic nitrogens is 2. The van der Waals surface area contributed by atoms with E-state index in [1.54, 1.807) is 6.20 Å². The van der Waals surface area contributed by atoms with Crippen LogP contribution in [-0.4, -0.2) is 68.1 Å². The summed E-state index contributed by atoms with van der Waals surface area (Å²) in [5.41, 5.74) is 6.63. The van der Waals surface area contributed by atoms with Crippen LogP contribution < -0.4 is 21.7 Å². The number of nitriles is 1. The number of nitrogens with two attached hydrogens (primary N) is 1. The smallest absolute Gasteiger partial charge is 0.126 e. The number of hydrogen-bond acceptors (Lipinski definition) is 9. The lowest BCUT2D eigenvalue weighted by Gasteiger charge is -2.30. The molecule has 2 aliphatic rings. The molecule has 200 valence electrons. The highest BCUT2D eigenvalue weighted by atomic mass is 35.5. The van der Waals surface area contributed by atoms with E-state index in [1.807, 2.05) is 24.3 Å². The minimum atomic E-state index is -0.423. The molecule has 9 nitrogen and oxygen atoms in total. The first-order valence-corrected chi connectivity index (χ1v) is 13.6. The highest BCUT2D eigenvalue weighted by molar-refractivity contribution is 6.33. The molecule has 1 aliphatic heterocycles. The van der Waals surface area contributed by atoms with Gasteiger partial charge in [-0.1, -0.05) is 17.7 Å². The molecule has 2 fully saturated rings. The Morgan fingerprint density at radius 1 is 1.14 bits per heavy atom. The van der Waals surface area contributed by atoms with Crippen LogP contribution in [0.2, 0.25) is 5.02 Å². The summed E-state index contributed by atoms with van der Waals surface area (Å²) in [7, 11) is 0. The highest BCUT2D eigenvalue weighted by Gasteiger charge is 2.32. The fourth-order valence-electron chi connectivity index (χ4n) is 4.92. The average Bonchev–Trinajstić information content (AvgIpc) is 2.94. The molecule has 0 unspecified atom stereocenters. The fraction of sp³-hybridized carbons (Fsp3) is 0.593. The maximum absolute atomic E-state index is 9.73. The standard InChI is InChI=1S/C27H38ClN7O2/c28-23-17-32-26(34-21-6-4-20(5-7-21)31-11-15-37-14-10-29)16-22(23)24-2-1-3-25(35-24)33-19-27(18-30)8-12-36-13-9-27/h1-3,16-17,20-21,31H,4-15,19,29H2,(H,32,34)(H,33,35). The van der Waals surface area contributed by atoms with Crippen molar-refractivity contribution < 1.29 is 9.47 Å². The lowest BCUT2D eigenvalue weighted by molar-refractivity contribution is 0.0455. The number of halogens is 1. The third-order valence-corrected chi connectivity index (χ3v) is 7.50. The van der Waals surface area contributed by atoms with Gasteiger partial charge in [0.2, 0.25) is 0 Å². The van der Waals surface area contributed by atoms with Gasteiger partial charge in [-0.05, 0) is 56.7 Å². The molecule has 0 atom stereocenters. The number of ether oxygens (including phenoxy) is 2. The van der Waals surface area contributed by atoms with Gasteiger partial charge in [0.15, 0.2) is 0 Å². The van der Waals surface area contributed by atoms with Crippen molar-refractivity contribution in [1.82, 2.24) is 15.3 Å². The molecule has 0 aromatic carbocycles. The van der Waals surface area contributed by atoms with E-state index in [9.17, 15) is 5.26 Å². The molecule has 1 aliphatic carbocycles. The molecule has 2 aromatic rings. The van der Waals surface area contributed by atoms with Gasteiger partial charge in [0.25, 0.3) is 0 Å². The van der Waals surface area contributed by atoms with Gasteiger partial charge in [0.1, 0.15) is 11.6 Å². The minimum Gasteiger partial charge on any atom is -0.381 e. The molecule has 4 rings (SSSR count). The number of rotatable bonds is 12. The molecule has 10 heteroatoms. The summed E-state index contributed by atoms with van der Waals surface area (Å²) < 4.78 is 10.9. The third kappa shape index (κ3) is 8.00. The topological polar surface area (TPSA) is 130 Å². The first-order valence-electron chi connectivity index (χ1n) is 13.2. The van der Waals surface area contributed by atoms with Crippen LogP contribution in [0.3, 0.4) is 0 Å². The molecule has 3 heterocycles. The highest BCUT2D eigenvalue weighted by Crippen LogP contribution is 2.32. The Hall–Kier alpha value is -2.48. The molecule has 1 saturated carbocycles. The number of anilines is 2. The van der Waals surface area contributed by atoms with Crippen molar-refractivity contribution >= 4 is 23.2 Å². The first-order chi connectivity index (χ1) is 18.1. The average molecular weight is 528 g/mol. The molecule has 0 amide bonds. The summed E-state index contributed by atoms with van der Waals surface area (Å²) in [6.45, 7) is 4.51. The normalized spacial score (nSPS) is 21.2. The Labute approximate surface area is 224 Å². The second-order valence-electron chi connectivity index (χ2n) is 9.86. The van der Waals surface area contributed by atoms with E-state index in [-0.39, 0.29) is 0 Å². The van der Waals surface area contributed by atoms with E-state index >= 15 is 0 Å². The van der Waals surface area contributed by atoms with Gasteiger partial charge in [-0.25, -0.2) is 9.97 Å². The largest absolute Gasteiger partial charge is 0.381 e. The third-order valence-electron chi connectivity index (χ3n) is 7.20. The summed E-state index contributed by atoms with van der Waals surface area (Å²) in [5, 5.41) is 20.8. The first kappa shape index (κ1) is 27.6. The zero-order valence-electron chi connectivity index (χ0n) is 21.3. The van der Waals surface area contributed by atoms with Gasteiger partial charge in [0.05, 0.1) is 35.4 Å². The molecule has 0 bridgehead atoms. The Kier molecular flexibility index (Phi) is 10.3. The molecule has 37 heavy (non-hydrogen) atoms. The number of nitrogens with zero attached hydrogens (tertiary/aromatic N) is 3. The summed E-state index contributed by atoms with van der Waals surface area (Å²) in [6.07, 6.45) is 7.50. The predicted octanol–water partition coefficient (Wildman–Crippen LogP) is 3.82. The van der Waals surface area contributed by atoms with Crippen LogP contribution in [0.5, 0.6) is 0 Å². The lowest BCUT2D eigenvalue weighted by Crippen LogP contribution is -2.38. The summed E-state index contributed by atoms with van der Waals surface area (Å²) in [5.74, 6) is 1.53.